The van der Waals surface area contributed by atoms with Gasteiger partial charge < -0.3 is 20.3 Å². The van der Waals surface area contributed by atoms with E-state index < -0.39 is 24.6 Å². The summed E-state index contributed by atoms with van der Waals surface area (Å²) in [7, 11) is 1.26. The summed E-state index contributed by atoms with van der Waals surface area (Å²) in [6.45, 7) is -0.537. The molecule has 8 heteroatoms. The SMILES string of the molecule is COC(=O)c1cc(NC(=O)CC(O)CO)nc(-c2ccc(C#Cc3cccnc3)cc2)c1. The number of amides is 1. The number of nitrogens with zero attached hydrogens (tertiary/aromatic N) is 2. The maximum atomic E-state index is 12.1. The maximum absolute atomic E-state index is 12.1. The number of pyridine rings is 2. The summed E-state index contributed by atoms with van der Waals surface area (Å²) in [4.78, 5) is 32.5. The molecule has 3 rings (SSSR count). The molecule has 0 aliphatic carbocycles. The van der Waals surface area contributed by atoms with Crippen LogP contribution in [0.2, 0.25) is 0 Å². The Bertz CT molecular complexity index is 1150. The molecule has 3 N–H and O–H groups in total. The smallest absolute Gasteiger partial charge is 0.338 e. The zero-order valence-electron chi connectivity index (χ0n) is 17.3. The van der Waals surface area contributed by atoms with Gasteiger partial charge in [0.1, 0.15) is 5.82 Å². The van der Waals surface area contributed by atoms with Gasteiger partial charge in [-0.2, -0.15) is 0 Å². The molecule has 8 nitrogen and oxygen atoms in total. The molecule has 0 saturated carbocycles. The van der Waals surface area contributed by atoms with Crippen molar-refractivity contribution < 1.29 is 24.5 Å². The number of hydrogen-bond acceptors (Lipinski definition) is 7. The number of hydrogen-bond donors (Lipinski definition) is 3. The van der Waals surface area contributed by atoms with Crippen molar-refractivity contribution in [3.63, 3.8) is 0 Å². The van der Waals surface area contributed by atoms with Crippen LogP contribution in [0.15, 0.2) is 60.9 Å². The molecule has 1 aromatic carbocycles. The predicted molar refractivity (Wildman–Crippen MR) is 118 cm³/mol. The lowest BCUT2D eigenvalue weighted by Gasteiger charge is -2.11. The molecule has 162 valence electrons. The molecule has 0 saturated heterocycles. The van der Waals surface area contributed by atoms with Crippen LogP contribution < -0.4 is 5.32 Å². The number of aliphatic hydroxyl groups excluding tert-OH is 2. The van der Waals surface area contributed by atoms with Crippen molar-refractivity contribution >= 4 is 17.7 Å². The lowest BCUT2D eigenvalue weighted by Crippen LogP contribution is -2.23. The Hall–Kier alpha value is -4.06. The van der Waals surface area contributed by atoms with E-state index in [0.717, 1.165) is 11.1 Å². The molecule has 32 heavy (non-hydrogen) atoms. The lowest BCUT2D eigenvalue weighted by molar-refractivity contribution is -0.118. The van der Waals surface area contributed by atoms with Gasteiger partial charge in [0.05, 0.1) is 37.5 Å². The van der Waals surface area contributed by atoms with Crippen LogP contribution in [-0.2, 0) is 9.53 Å². The molecule has 2 aromatic heterocycles. The second kappa shape index (κ2) is 10.8. The zero-order chi connectivity index (χ0) is 22.9. The van der Waals surface area contributed by atoms with Crippen LogP contribution in [0.5, 0.6) is 0 Å². The van der Waals surface area contributed by atoms with E-state index in [1.54, 1.807) is 30.6 Å². The number of carbonyl (C=O) groups is 2. The molecule has 3 aromatic rings. The van der Waals surface area contributed by atoms with E-state index in [4.69, 9.17) is 9.84 Å². The Balaban J connectivity index is 1.86. The summed E-state index contributed by atoms with van der Waals surface area (Å²) in [5.74, 6) is 5.07. The minimum atomic E-state index is -1.18. The van der Waals surface area contributed by atoms with Crippen LogP contribution in [0.25, 0.3) is 11.3 Å². The fourth-order valence-electron chi connectivity index (χ4n) is 2.76. The zero-order valence-corrected chi connectivity index (χ0v) is 17.3. The largest absolute Gasteiger partial charge is 0.465 e. The van der Waals surface area contributed by atoms with Gasteiger partial charge in [-0.1, -0.05) is 24.0 Å². The van der Waals surface area contributed by atoms with E-state index in [1.807, 2.05) is 24.3 Å². The van der Waals surface area contributed by atoms with E-state index >= 15 is 0 Å². The van der Waals surface area contributed by atoms with E-state index in [-0.39, 0.29) is 17.8 Å². The van der Waals surface area contributed by atoms with Gasteiger partial charge in [0.15, 0.2) is 0 Å². The minimum Gasteiger partial charge on any atom is -0.465 e. The van der Waals surface area contributed by atoms with Gasteiger partial charge in [-0.3, -0.25) is 9.78 Å². The van der Waals surface area contributed by atoms with Crippen molar-refractivity contribution in [2.45, 2.75) is 12.5 Å². The van der Waals surface area contributed by atoms with E-state index in [1.165, 1.54) is 13.2 Å². The maximum Gasteiger partial charge on any atom is 0.338 e. The van der Waals surface area contributed by atoms with Crippen LogP contribution in [0.3, 0.4) is 0 Å². The highest BCUT2D eigenvalue weighted by Crippen LogP contribution is 2.22. The third-order valence-electron chi connectivity index (χ3n) is 4.34. The number of ether oxygens (including phenoxy) is 1. The number of carbonyl (C=O) groups excluding carboxylic acids is 2. The Morgan fingerprint density at radius 2 is 1.88 bits per heavy atom. The number of rotatable bonds is 6. The number of aromatic nitrogens is 2. The summed E-state index contributed by atoms with van der Waals surface area (Å²) in [6, 6.07) is 13.9. The first-order valence-corrected chi connectivity index (χ1v) is 9.70. The van der Waals surface area contributed by atoms with E-state index in [9.17, 15) is 14.7 Å². The normalized spacial score (nSPS) is 11.1. The van der Waals surface area contributed by atoms with Gasteiger partial charge in [0, 0.05) is 29.1 Å². The van der Waals surface area contributed by atoms with Crippen LogP contribution in [0.1, 0.15) is 27.9 Å². The van der Waals surface area contributed by atoms with Gasteiger partial charge in [-0.25, -0.2) is 9.78 Å². The molecular formula is C24H21N3O5. The standard InChI is InChI=1S/C24H21N3O5/c1-32-24(31)19-11-21(26-22(12-19)27-23(30)13-20(29)15-28)18-8-6-16(7-9-18)4-5-17-3-2-10-25-14-17/h2-3,6-12,14,20,28-29H,13,15H2,1H3,(H,26,27,30). The van der Waals surface area contributed by atoms with Crippen LogP contribution in [0, 0.1) is 11.8 Å². The Labute approximate surface area is 184 Å². The number of anilines is 1. The van der Waals surface area contributed by atoms with Crippen molar-refractivity contribution in [1.29, 1.82) is 0 Å². The Morgan fingerprint density at radius 3 is 2.53 bits per heavy atom. The van der Waals surface area contributed by atoms with Crippen LogP contribution in [0.4, 0.5) is 5.82 Å². The van der Waals surface area contributed by atoms with Gasteiger partial charge in [-0.15, -0.1) is 0 Å². The molecule has 1 amide bonds. The minimum absolute atomic E-state index is 0.124. The molecule has 0 bridgehead atoms. The average Bonchev–Trinajstić information content (AvgIpc) is 2.82. The highest BCUT2D eigenvalue weighted by Gasteiger charge is 2.15. The van der Waals surface area contributed by atoms with Crippen molar-refractivity contribution in [2.75, 3.05) is 19.0 Å². The van der Waals surface area contributed by atoms with Crippen molar-refractivity contribution in [2.24, 2.45) is 0 Å². The monoisotopic (exact) mass is 431 g/mol. The predicted octanol–water partition coefficient (Wildman–Crippen LogP) is 2.01. The fraction of sp³-hybridized carbons (Fsp3) is 0.167. The lowest BCUT2D eigenvalue weighted by atomic mass is 10.1. The molecule has 1 atom stereocenters. The van der Waals surface area contributed by atoms with Gasteiger partial charge in [0.25, 0.3) is 0 Å². The van der Waals surface area contributed by atoms with E-state index in [2.05, 4.69) is 27.1 Å². The summed E-state index contributed by atoms with van der Waals surface area (Å²) < 4.78 is 4.79. The second-order valence-electron chi connectivity index (χ2n) is 6.78. The number of nitrogens with one attached hydrogen (secondary N) is 1. The fourth-order valence-corrected chi connectivity index (χ4v) is 2.76. The van der Waals surface area contributed by atoms with Gasteiger partial charge in [-0.05, 0) is 36.4 Å². The molecular weight excluding hydrogens is 410 g/mol. The number of methoxy groups -OCH3 is 1. The molecule has 0 spiro atoms. The molecule has 2 heterocycles. The third kappa shape index (κ3) is 6.22. The number of esters is 1. The summed E-state index contributed by atoms with van der Waals surface area (Å²) >= 11 is 0. The summed E-state index contributed by atoms with van der Waals surface area (Å²) in [5, 5.41) is 20.9. The Kier molecular flexibility index (Phi) is 7.65. The van der Waals surface area contributed by atoms with Crippen molar-refractivity contribution in [3.8, 4) is 23.1 Å². The first-order chi connectivity index (χ1) is 15.5. The molecule has 1 unspecified atom stereocenters. The Morgan fingerprint density at radius 1 is 1.12 bits per heavy atom. The van der Waals surface area contributed by atoms with Crippen LogP contribution in [-0.4, -0.2) is 51.9 Å². The second-order valence-corrected chi connectivity index (χ2v) is 6.78. The quantitative estimate of drug-likeness (QED) is 0.403. The van der Waals surface area contributed by atoms with Gasteiger partial charge >= 0.3 is 5.97 Å². The van der Waals surface area contributed by atoms with Crippen LogP contribution >= 0.6 is 0 Å². The molecule has 0 radical (unpaired) electrons. The molecule has 0 aliphatic rings. The highest BCUT2D eigenvalue weighted by molar-refractivity contribution is 5.95. The van der Waals surface area contributed by atoms with Gasteiger partial charge in [0.2, 0.25) is 5.91 Å². The molecule has 0 fully saturated rings. The molecule has 0 aliphatic heterocycles. The number of benzene rings is 1. The van der Waals surface area contributed by atoms with E-state index in [0.29, 0.717) is 11.3 Å². The number of aliphatic hydroxyl groups is 2. The summed E-state index contributed by atoms with van der Waals surface area (Å²) in [5.41, 5.74) is 2.94. The summed E-state index contributed by atoms with van der Waals surface area (Å²) in [6.07, 6.45) is 1.87. The van der Waals surface area contributed by atoms with Crippen molar-refractivity contribution in [1.82, 2.24) is 9.97 Å². The first kappa shape index (κ1) is 22.6. The average molecular weight is 431 g/mol. The first-order valence-electron chi connectivity index (χ1n) is 9.70. The van der Waals surface area contributed by atoms with Crippen molar-refractivity contribution in [3.05, 3.63) is 77.6 Å². The highest BCUT2D eigenvalue weighted by atomic mass is 16.5. The topological polar surface area (TPSA) is 122 Å². The third-order valence-corrected chi connectivity index (χ3v) is 4.34.